The molecule has 0 radical (unpaired) electrons. The first-order chi connectivity index (χ1) is 8.61. The van der Waals surface area contributed by atoms with Crippen molar-refractivity contribution in [1.82, 2.24) is 0 Å². The molecule has 2 aromatic carbocycles. The molecule has 3 nitrogen and oxygen atoms in total. The van der Waals surface area contributed by atoms with Crippen molar-refractivity contribution in [3.8, 4) is 11.1 Å². The van der Waals surface area contributed by atoms with Crippen molar-refractivity contribution in [3.63, 3.8) is 0 Å². The quantitative estimate of drug-likeness (QED) is 0.420. The van der Waals surface area contributed by atoms with Crippen LogP contribution in [-0.4, -0.2) is 0 Å². The highest BCUT2D eigenvalue weighted by atomic mass is 19.1. The lowest BCUT2D eigenvalue weighted by Gasteiger charge is -2.06. The molecule has 0 aliphatic rings. The first kappa shape index (κ1) is 12.0. The monoisotopic (exact) mass is 249 g/mol. The number of rotatable bonds is 2. The summed E-state index contributed by atoms with van der Waals surface area (Å²) in [6.45, 7) is 0. The number of hydrogen-bond acceptors (Lipinski definition) is 1. The van der Waals surface area contributed by atoms with Gasteiger partial charge in [0, 0.05) is 10.6 Å². The van der Waals surface area contributed by atoms with E-state index in [0.29, 0.717) is 0 Å². The Balaban J connectivity index is 2.58. The van der Waals surface area contributed by atoms with Gasteiger partial charge in [-0.25, -0.2) is 13.2 Å². The van der Waals surface area contributed by atoms with Crippen LogP contribution >= 0.6 is 0 Å². The van der Waals surface area contributed by atoms with Gasteiger partial charge in [0.15, 0.2) is 0 Å². The SMILES string of the molecule is [N-]=[N+]=Nc1cc(F)c(-c2ccc(F)cc2)c(F)c1. The van der Waals surface area contributed by atoms with Gasteiger partial charge in [-0.2, -0.15) is 0 Å². The minimum atomic E-state index is -0.871. The van der Waals surface area contributed by atoms with Gasteiger partial charge in [-0.15, -0.1) is 0 Å². The fourth-order valence-corrected chi connectivity index (χ4v) is 1.56. The summed E-state index contributed by atoms with van der Waals surface area (Å²) >= 11 is 0. The van der Waals surface area contributed by atoms with Gasteiger partial charge in [-0.3, -0.25) is 0 Å². The van der Waals surface area contributed by atoms with Crippen molar-refractivity contribution in [2.45, 2.75) is 0 Å². The van der Waals surface area contributed by atoms with E-state index in [1.165, 1.54) is 12.1 Å². The first-order valence-corrected chi connectivity index (χ1v) is 4.92. The molecule has 0 atom stereocenters. The highest BCUT2D eigenvalue weighted by molar-refractivity contribution is 5.67. The molecule has 0 fully saturated rings. The van der Waals surface area contributed by atoms with E-state index in [0.717, 1.165) is 24.3 Å². The number of azide groups is 1. The summed E-state index contributed by atoms with van der Waals surface area (Å²) in [4.78, 5) is 2.44. The highest BCUT2D eigenvalue weighted by Gasteiger charge is 2.12. The summed E-state index contributed by atoms with van der Waals surface area (Å²) < 4.78 is 40.1. The van der Waals surface area contributed by atoms with Crippen LogP contribution in [0, 0.1) is 17.5 Å². The number of hydrogen-bond donors (Lipinski definition) is 0. The van der Waals surface area contributed by atoms with E-state index in [9.17, 15) is 13.2 Å². The molecule has 0 aliphatic carbocycles. The van der Waals surface area contributed by atoms with E-state index in [2.05, 4.69) is 10.0 Å². The van der Waals surface area contributed by atoms with E-state index in [4.69, 9.17) is 5.53 Å². The van der Waals surface area contributed by atoms with Crippen molar-refractivity contribution in [3.05, 3.63) is 64.3 Å². The Morgan fingerprint density at radius 2 is 1.50 bits per heavy atom. The number of halogens is 3. The zero-order chi connectivity index (χ0) is 13.1. The largest absolute Gasteiger partial charge is 0.207 e. The Bertz CT molecular complexity index is 609. The first-order valence-electron chi connectivity index (χ1n) is 4.92. The Labute approximate surface area is 100 Å². The fraction of sp³-hybridized carbons (Fsp3) is 0. The van der Waals surface area contributed by atoms with Gasteiger partial charge >= 0.3 is 0 Å². The fourth-order valence-electron chi connectivity index (χ4n) is 1.56. The van der Waals surface area contributed by atoms with Gasteiger partial charge in [0.2, 0.25) is 0 Å². The van der Waals surface area contributed by atoms with E-state index >= 15 is 0 Å². The predicted molar refractivity (Wildman–Crippen MR) is 60.6 cm³/mol. The van der Waals surface area contributed by atoms with Crippen LogP contribution in [0.3, 0.4) is 0 Å². The van der Waals surface area contributed by atoms with E-state index in [-0.39, 0.29) is 16.8 Å². The van der Waals surface area contributed by atoms with Crippen molar-refractivity contribution in [2.24, 2.45) is 5.11 Å². The van der Waals surface area contributed by atoms with E-state index < -0.39 is 17.5 Å². The molecule has 0 aromatic heterocycles. The van der Waals surface area contributed by atoms with Gasteiger partial charge < -0.3 is 0 Å². The van der Waals surface area contributed by atoms with Crippen LogP contribution in [0.25, 0.3) is 21.6 Å². The molecule has 0 unspecified atom stereocenters. The van der Waals surface area contributed by atoms with Crippen LogP contribution in [0.1, 0.15) is 0 Å². The average molecular weight is 249 g/mol. The third-order valence-electron chi connectivity index (χ3n) is 2.32. The molecule has 0 saturated carbocycles. The molecule has 0 bridgehead atoms. The Morgan fingerprint density at radius 3 is 2.00 bits per heavy atom. The highest BCUT2D eigenvalue weighted by Crippen LogP contribution is 2.30. The lowest BCUT2D eigenvalue weighted by molar-refractivity contribution is 0.589. The molecule has 0 aliphatic heterocycles. The van der Waals surface area contributed by atoms with Crippen molar-refractivity contribution >= 4 is 5.69 Å². The second-order valence-electron chi connectivity index (χ2n) is 3.48. The maximum Gasteiger partial charge on any atom is 0.134 e. The van der Waals surface area contributed by atoms with Gasteiger partial charge in [0.25, 0.3) is 0 Å². The standard InChI is InChI=1S/C12H6F3N3/c13-8-3-1-7(2-4-8)12-10(14)5-9(17-18-16)6-11(12)15/h1-6H. The molecule has 0 heterocycles. The van der Waals surface area contributed by atoms with Gasteiger partial charge in [0.1, 0.15) is 17.5 Å². The summed E-state index contributed by atoms with van der Waals surface area (Å²) in [7, 11) is 0. The molecule has 2 aromatic rings. The second kappa shape index (κ2) is 4.81. The van der Waals surface area contributed by atoms with Crippen LogP contribution in [0.5, 0.6) is 0 Å². The lowest BCUT2D eigenvalue weighted by Crippen LogP contribution is -1.90. The molecule has 18 heavy (non-hydrogen) atoms. The minimum absolute atomic E-state index is 0.154. The molecule has 0 N–H and O–H groups in total. The van der Waals surface area contributed by atoms with Gasteiger partial charge in [0.05, 0.1) is 5.56 Å². The summed E-state index contributed by atoms with van der Waals surface area (Å²) in [5.41, 5.74) is 7.96. The summed E-state index contributed by atoms with van der Waals surface area (Å²) in [6.07, 6.45) is 0. The Morgan fingerprint density at radius 1 is 0.944 bits per heavy atom. The summed E-state index contributed by atoms with van der Waals surface area (Å²) in [6, 6.07) is 6.59. The molecule has 0 spiro atoms. The number of benzene rings is 2. The Kier molecular flexibility index (Phi) is 3.21. The molecular weight excluding hydrogens is 243 g/mol. The maximum atomic E-state index is 13.7. The number of nitrogens with zero attached hydrogens (tertiary/aromatic N) is 3. The molecular formula is C12H6F3N3. The van der Waals surface area contributed by atoms with Crippen LogP contribution < -0.4 is 0 Å². The predicted octanol–water partition coefficient (Wildman–Crippen LogP) is 4.71. The molecule has 2 rings (SSSR count). The van der Waals surface area contributed by atoms with Crippen LogP contribution in [0.15, 0.2) is 41.5 Å². The van der Waals surface area contributed by atoms with Crippen LogP contribution in [-0.2, 0) is 0 Å². The minimum Gasteiger partial charge on any atom is -0.207 e. The third-order valence-corrected chi connectivity index (χ3v) is 2.32. The lowest BCUT2D eigenvalue weighted by atomic mass is 10.0. The normalized spacial score (nSPS) is 9.94. The van der Waals surface area contributed by atoms with Crippen molar-refractivity contribution in [1.29, 1.82) is 0 Å². The van der Waals surface area contributed by atoms with Crippen LogP contribution in [0.4, 0.5) is 18.9 Å². The molecule has 0 amide bonds. The maximum absolute atomic E-state index is 13.7. The second-order valence-corrected chi connectivity index (χ2v) is 3.48. The van der Waals surface area contributed by atoms with Crippen LogP contribution in [0.2, 0.25) is 0 Å². The zero-order valence-electron chi connectivity index (χ0n) is 8.94. The molecule has 0 saturated heterocycles. The van der Waals surface area contributed by atoms with E-state index in [1.54, 1.807) is 0 Å². The van der Waals surface area contributed by atoms with E-state index in [1.807, 2.05) is 0 Å². The van der Waals surface area contributed by atoms with Crippen molar-refractivity contribution < 1.29 is 13.2 Å². The smallest absolute Gasteiger partial charge is 0.134 e. The average Bonchev–Trinajstić information content (AvgIpc) is 2.31. The van der Waals surface area contributed by atoms with Crippen molar-refractivity contribution in [2.75, 3.05) is 0 Å². The van der Waals surface area contributed by atoms with Gasteiger partial charge in [-0.05, 0) is 35.4 Å². The topological polar surface area (TPSA) is 48.8 Å². The zero-order valence-corrected chi connectivity index (χ0v) is 8.94. The summed E-state index contributed by atoms with van der Waals surface area (Å²) in [5, 5.41) is 3.12. The molecule has 6 heteroatoms. The van der Waals surface area contributed by atoms with Gasteiger partial charge in [-0.1, -0.05) is 17.2 Å². The third kappa shape index (κ3) is 2.28. The Hall–Kier alpha value is -2.46. The summed E-state index contributed by atoms with van der Waals surface area (Å²) in [5.74, 6) is -2.24. The molecule has 90 valence electrons.